The molecule has 2 N–H and O–H groups in total. The van der Waals surface area contributed by atoms with Gasteiger partial charge in [-0.05, 0) is 59.3 Å². The van der Waals surface area contributed by atoms with Crippen LogP contribution in [0.3, 0.4) is 0 Å². The van der Waals surface area contributed by atoms with Gasteiger partial charge < -0.3 is 20.1 Å². The molecule has 0 radical (unpaired) electrons. The second-order valence-corrected chi connectivity index (χ2v) is 7.79. The molecule has 0 bridgehead atoms. The highest BCUT2D eigenvalue weighted by molar-refractivity contribution is 5.68. The summed E-state index contributed by atoms with van der Waals surface area (Å²) in [6.07, 6.45) is 6.82. The molecule has 1 saturated carbocycles. The molecule has 1 heterocycles. The van der Waals surface area contributed by atoms with Crippen LogP contribution >= 0.6 is 0 Å². The van der Waals surface area contributed by atoms with Crippen molar-refractivity contribution in [2.45, 2.75) is 89.5 Å². The molecule has 0 aromatic rings. The molecule has 1 aliphatic carbocycles. The lowest BCUT2D eigenvalue weighted by Gasteiger charge is -2.32. The Hall–Kier alpha value is -0.810. The maximum atomic E-state index is 12.3. The highest BCUT2D eigenvalue weighted by atomic mass is 16.6. The summed E-state index contributed by atoms with van der Waals surface area (Å²) in [5.41, 5.74) is -0.439. The molecule has 2 aliphatic rings. The van der Waals surface area contributed by atoms with Gasteiger partial charge in [-0.25, -0.2) is 4.79 Å². The van der Waals surface area contributed by atoms with E-state index in [0.717, 1.165) is 58.0 Å². The summed E-state index contributed by atoms with van der Waals surface area (Å²) in [5, 5.41) is 13.3. The number of aliphatic hydroxyl groups is 1. The summed E-state index contributed by atoms with van der Waals surface area (Å²) in [6.45, 7) is 7.24. The number of nitrogens with one attached hydrogen (secondary N) is 1. The zero-order chi connectivity index (χ0) is 16.2. The number of likely N-dealkylation sites (tertiary alicyclic amines) is 1. The SMILES string of the molecule is CC(C)(C)OC(=O)N1CCCCC(NC2CCC(O)CC2)C1. The van der Waals surface area contributed by atoms with Crippen LogP contribution in [0.5, 0.6) is 0 Å². The minimum atomic E-state index is -0.439. The van der Waals surface area contributed by atoms with E-state index in [4.69, 9.17) is 4.74 Å². The number of carbonyl (C=O) groups excluding carboxylic acids is 1. The van der Waals surface area contributed by atoms with Gasteiger partial charge in [0, 0.05) is 25.2 Å². The van der Waals surface area contributed by atoms with Crippen LogP contribution in [0.2, 0.25) is 0 Å². The van der Waals surface area contributed by atoms with Gasteiger partial charge in [0.2, 0.25) is 0 Å². The van der Waals surface area contributed by atoms with Crippen molar-refractivity contribution in [3.63, 3.8) is 0 Å². The number of nitrogens with zero attached hydrogens (tertiary/aromatic N) is 1. The van der Waals surface area contributed by atoms with Gasteiger partial charge in [0.25, 0.3) is 0 Å². The molecule has 22 heavy (non-hydrogen) atoms. The van der Waals surface area contributed by atoms with E-state index in [0.29, 0.717) is 12.1 Å². The minimum absolute atomic E-state index is 0.120. The average Bonchev–Trinajstić information content (AvgIpc) is 2.65. The van der Waals surface area contributed by atoms with Crippen LogP contribution in [0.4, 0.5) is 4.79 Å². The lowest BCUT2D eigenvalue weighted by Crippen LogP contribution is -2.48. The van der Waals surface area contributed by atoms with Gasteiger partial charge in [-0.15, -0.1) is 0 Å². The molecule has 2 fully saturated rings. The van der Waals surface area contributed by atoms with Crippen LogP contribution in [0, 0.1) is 0 Å². The van der Waals surface area contributed by atoms with Gasteiger partial charge in [0.05, 0.1) is 6.10 Å². The first-order valence-electron chi connectivity index (χ1n) is 8.75. The van der Waals surface area contributed by atoms with Crippen molar-refractivity contribution in [2.24, 2.45) is 0 Å². The molecular formula is C17H32N2O3. The molecule has 5 heteroatoms. The topological polar surface area (TPSA) is 61.8 Å². The fourth-order valence-electron chi connectivity index (χ4n) is 3.35. The van der Waals surface area contributed by atoms with Crippen LogP contribution in [0.15, 0.2) is 0 Å². The van der Waals surface area contributed by atoms with E-state index in [-0.39, 0.29) is 12.2 Å². The van der Waals surface area contributed by atoms with E-state index >= 15 is 0 Å². The Labute approximate surface area is 134 Å². The Kier molecular flexibility index (Phi) is 6.09. The van der Waals surface area contributed by atoms with Crippen LogP contribution in [-0.4, -0.2) is 53.0 Å². The van der Waals surface area contributed by atoms with Crippen LogP contribution in [0.25, 0.3) is 0 Å². The number of rotatable bonds is 2. The highest BCUT2D eigenvalue weighted by Gasteiger charge is 2.28. The second kappa shape index (κ2) is 7.64. The zero-order valence-corrected chi connectivity index (χ0v) is 14.3. The monoisotopic (exact) mass is 312 g/mol. The molecule has 1 amide bonds. The summed E-state index contributed by atoms with van der Waals surface area (Å²) < 4.78 is 5.51. The first kappa shape index (κ1) is 17.5. The second-order valence-electron chi connectivity index (χ2n) is 7.79. The number of amides is 1. The Balaban J connectivity index is 1.85. The predicted molar refractivity (Wildman–Crippen MR) is 86.8 cm³/mol. The molecule has 1 aliphatic heterocycles. The number of carbonyl (C=O) groups is 1. The quantitative estimate of drug-likeness (QED) is 0.823. The van der Waals surface area contributed by atoms with Gasteiger partial charge in [0.1, 0.15) is 5.60 Å². The summed E-state index contributed by atoms with van der Waals surface area (Å²) in [6, 6.07) is 0.822. The van der Waals surface area contributed by atoms with Crippen LogP contribution < -0.4 is 5.32 Å². The molecule has 0 aromatic carbocycles. The average molecular weight is 312 g/mol. The fourth-order valence-corrected chi connectivity index (χ4v) is 3.35. The molecule has 2 rings (SSSR count). The minimum Gasteiger partial charge on any atom is -0.444 e. The molecule has 0 aromatic heterocycles. The molecular weight excluding hydrogens is 280 g/mol. The number of hydrogen-bond donors (Lipinski definition) is 2. The third-order valence-corrected chi connectivity index (χ3v) is 4.49. The van der Waals surface area contributed by atoms with Crippen molar-refractivity contribution in [1.29, 1.82) is 0 Å². The Morgan fingerprint density at radius 1 is 1.09 bits per heavy atom. The Morgan fingerprint density at radius 2 is 1.77 bits per heavy atom. The van der Waals surface area contributed by atoms with Gasteiger partial charge in [-0.1, -0.05) is 6.42 Å². The third-order valence-electron chi connectivity index (χ3n) is 4.49. The molecule has 1 unspecified atom stereocenters. The van der Waals surface area contributed by atoms with E-state index in [9.17, 15) is 9.90 Å². The van der Waals surface area contributed by atoms with E-state index < -0.39 is 5.60 Å². The first-order valence-corrected chi connectivity index (χ1v) is 8.75. The largest absolute Gasteiger partial charge is 0.444 e. The van der Waals surface area contributed by atoms with E-state index in [1.807, 2.05) is 25.7 Å². The van der Waals surface area contributed by atoms with Crippen molar-refractivity contribution in [3.8, 4) is 0 Å². The summed E-state index contributed by atoms with van der Waals surface area (Å²) >= 11 is 0. The van der Waals surface area contributed by atoms with E-state index in [1.165, 1.54) is 0 Å². The molecule has 5 nitrogen and oxygen atoms in total. The molecule has 0 spiro atoms. The van der Waals surface area contributed by atoms with Crippen molar-refractivity contribution in [1.82, 2.24) is 10.2 Å². The Bertz CT molecular complexity index is 359. The van der Waals surface area contributed by atoms with Crippen molar-refractivity contribution >= 4 is 6.09 Å². The number of aliphatic hydroxyl groups excluding tert-OH is 1. The molecule has 1 saturated heterocycles. The van der Waals surface area contributed by atoms with Crippen molar-refractivity contribution < 1.29 is 14.6 Å². The summed E-state index contributed by atoms with van der Waals surface area (Å²) in [5.74, 6) is 0. The van der Waals surface area contributed by atoms with Crippen molar-refractivity contribution in [3.05, 3.63) is 0 Å². The van der Waals surface area contributed by atoms with E-state index in [2.05, 4.69) is 5.32 Å². The predicted octanol–water partition coefficient (Wildman–Crippen LogP) is 2.67. The Morgan fingerprint density at radius 3 is 2.41 bits per heavy atom. The van der Waals surface area contributed by atoms with Gasteiger partial charge >= 0.3 is 6.09 Å². The summed E-state index contributed by atoms with van der Waals surface area (Å²) in [7, 11) is 0. The van der Waals surface area contributed by atoms with Gasteiger partial charge in [-0.2, -0.15) is 0 Å². The third kappa shape index (κ3) is 5.76. The van der Waals surface area contributed by atoms with Crippen molar-refractivity contribution in [2.75, 3.05) is 13.1 Å². The van der Waals surface area contributed by atoms with Crippen LogP contribution in [-0.2, 0) is 4.74 Å². The summed E-state index contributed by atoms with van der Waals surface area (Å²) in [4.78, 5) is 14.1. The smallest absolute Gasteiger partial charge is 0.410 e. The molecule has 1 atom stereocenters. The standard InChI is InChI=1S/C17H32N2O3/c1-17(2,3)22-16(21)19-11-5-4-6-14(12-19)18-13-7-9-15(20)10-8-13/h13-15,18,20H,4-12H2,1-3H3. The highest BCUT2D eigenvalue weighted by Crippen LogP contribution is 2.21. The lowest BCUT2D eigenvalue weighted by molar-refractivity contribution is 0.0239. The zero-order valence-electron chi connectivity index (χ0n) is 14.3. The molecule has 128 valence electrons. The van der Waals surface area contributed by atoms with Crippen LogP contribution in [0.1, 0.15) is 65.7 Å². The fraction of sp³-hybridized carbons (Fsp3) is 0.941. The van der Waals surface area contributed by atoms with Gasteiger partial charge in [0.15, 0.2) is 0 Å². The maximum Gasteiger partial charge on any atom is 0.410 e. The lowest BCUT2D eigenvalue weighted by atomic mass is 9.92. The number of hydrogen-bond acceptors (Lipinski definition) is 4. The van der Waals surface area contributed by atoms with E-state index in [1.54, 1.807) is 0 Å². The van der Waals surface area contributed by atoms with Gasteiger partial charge in [-0.3, -0.25) is 0 Å². The first-order chi connectivity index (χ1) is 10.3. The number of ether oxygens (including phenoxy) is 1. The maximum absolute atomic E-state index is 12.3. The normalized spacial score (nSPS) is 30.7.